The fraction of sp³-hybridized carbons (Fsp3) is 0.886. The fourth-order valence-electron chi connectivity index (χ4n) is 5.39. The van der Waals surface area contributed by atoms with E-state index in [0.29, 0.717) is 0 Å². The molecule has 0 saturated carbocycles. The van der Waals surface area contributed by atoms with Gasteiger partial charge in [-0.25, -0.2) is 15.0 Å². The molecule has 0 unspecified atom stereocenters. The Morgan fingerprint density at radius 3 is 0.842 bits per heavy atom. The summed E-state index contributed by atoms with van der Waals surface area (Å²) >= 11 is 0. The van der Waals surface area contributed by atoms with E-state index < -0.39 is 0 Å². The van der Waals surface area contributed by atoms with Gasteiger partial charge in [0.05, 0.1) is 0 Å². The topological polar surface area (TPSA) is 38.7 Å². The van der Waals surface area contributed by atoms with Gasteiger partial charge in [0, 0.05) is 19.3 Å². The van der Waals surface area contributed by atoms with Crippen LogP contribution in [-0.4, -0.2) is 15.0 Å². The molecule has 38 heavy (non-hydrogen) atoms. The van der Waals surface area contributed by atoms with E-state index in [4.69, 9.17) is 15.0 Å². The van der Waals surface area contributed by atoms with Crippen molar-refractivity contribution in [2.45, 2.75) is 200 Å². The van der Waals surface area contributed by atoms with Crippen molar-refractivity contribution in [3.63, 3.8) is 0 Å². The quantitative estimate of drug-likeness (QED) is 0.0970. The van der Waals surface area contributed by atoms with Gasteiger partial charge in [0.2, 0.25) is 0 Å². The minimum absolute atomic E-state index is 0.947. The van der Waals surface area contributed by atoms with Crippen molar-refractivity contribution in [3.05, 3.63) is 24.4 Å². The Morgan fingerprint density at radius 2 is 0.579 bits per heavy atom. The molecule has 0 N–H and O–H groups in total. The van der Waals surface area contributed by atoms with Crippen LogP contribution in [0, 0.1) is 6.92 Å². The second-order valence-corrected chi connectivity index (χ2v) is 11.8. The second-order valence-electron chi connectivity index (χ2n) is 11.8. The van der Waals surface area contributed by atoms with Gasteiger partial charge in [-0.2, -0.15) is 0 Å². The van der Waals surface area contributed by atoms with Crippen molar-refractivity contribution in [2.24, 2.45) is 0 Å². The Balaban J connectivity index is 2.17. The van der Waals surface area contributed by atoms with Crippen LogP contribution in [0.15, 0.2) is 0 Å². The first-order chi connectivity index (χ1) is 18.8. The Bertz CT molecular complexity index is 569. The first-order valence-corrected chi connectivity index (χ1v) is 17.3. The highest BCUT2D eigenvalue weighted by Crippen LogP contribution is 2.15. The van der Waals surface area contributed by atoms with Crippen molar-refractivity contribution in [1.82, 2.24) is 15.0 Å². The third-order valence-corrected chi connectivity index (χ3v) is 7.93. The summed E-state index contributed by atoms with van der Waals surface area (Å²) in [5.41, 5.74) is 0. The van der Waals surface area contributed by atoms with Gasteiger partial charge in [-0.05, 0) is 19.3 Å². The predicted molar refractivity (Wildman–Crippen MR) is 168 cm³/mol. The van der Waals surface area contributed by atoms with E-state index >= 15 is 0 Å². The summed E-state index contributed by atoms with van der Waals surface area (Å²) in [4.78, 5) is 14.5. The lowest BCUT2D eigenvalue weighted by molar-refractivity contribution is 0.539. The molecule has 0 aliphatic rings. The maximum Gasteiger partial charge on any atom is 0.132 e. The fourth-order valence-corrected chi connectivity index (χ4v) is 5.39. The molecular formula is C35H66N3. The van der Waals surface area contributed by atoms with Crippen LogP contribution in [0.1, 0.15) is 198 Å². The Hall–Kier alpha value is -0.990. The highest BCUT2D eigenvalue weighted by atomic mass is 15.0. The molecule has 221 valence electrons. The first kappa shape index (κ1) is 35.0. The molecule has 1 aromatic heterocycles. The smallest absolute Gasteiger partial charge is 0.132 e. The van der Waals surface area contributed by atoms with Gasteiger partial charge in [0.15, 0.2) is 0 Å². The van der Waals surface area contributed by atoms with Crippen LogP contribution in [0.2, 0.25) is 0 Å². The third kappa shape index (κ3) is 21.9. The Labute approximate surface area is 239 Å². The van der Waals surface area contributed by atoms with E-state index in [1.165, 1.54) is 154 Å². The summed E-state index contributed by atoms with van der Waals surface area (Å²) < 4.78 is 0. The van der Waals surface area contributed by atoms with E-state index in [1.807, 2.05) is 0 Å². The molecule has 1 aromatic rings. The van der Waals surface area contributed by atoms with Gasteiger partial charge in [-0.3, -0.25) is 0 Å². The van der Waals surface area contributed by atoms with E-state index in [9.17, 15) is 0 Å². The van der Waals surface area contributed by atoms with Crippen molar-refractivity contribution in [2.75, 3.05) is 0 Å². The van der Waals surface area contributed by atoms with Gasteiger partial charge >= 0.3 is 0 Å². The lowest BCUT2D eigenvalue weighted by Crippen LogP contribution is -2.08. The molecular weight excluding hydrogens is 462 g/mol. The molecule has 0 aliphatic heterocycles. The molecule has 1 rings (SSSR count). The maximum absolute atomic E-state index is 4.88. The van der Waals surface area contributed by atoms with Crippen LogP contribution in [-0.2, 0) is 19.3 Å². The minimum atomic E-state index is 0.947. The van der Waals surface area contributed by atoms with Crippen LogP contribution in [0.3, 0.4) is 0 Å². The normalized spacial score (nSPS) is 11.4. The largest absolute Gasteiger partial charge is 0.218 e. The van der Waals surface area contributed by atoms with Crippen molar-refractivity contribution < 1.29 is 0 Å². The zero-order chi connectivity index (χ0) is 27.4. The molecule has 0 aromatic carbocycles. The highest BCUT2D eigenvalue weighted by molar-refractivity contribution is 4.99. The summed E-state index contributed by atoms with van der Waals surface area (Å²) in [6.07, 6.45) is 38.3. The number of rotatable bonds is 29. The Morgan fingerprint density at radius 1 is 0.342 bits per heavy atom. The summed E-state index contributed by atoms with van der Waals surface area (Å²) in [6.45, 7) is 8.59. The standard InChI is InChI=1S/C35H66N3/c1-4-7-10-12-14-16-18-20-22-24-26-28-31-34-36-33(30-9-6-3)37-35(38-34)32-29-27-25-23-21-19-17-15-13-11-8-5-2/h3-32H2,1-2H3. The molecule has 0 amide bonds. The summed E-state index contributed by atoms with van der Waals surface area (Å²) in [5.74, 6) is 3.09. The van der Waals surface area contributed by atoms with Gasteiger partial charge in [0.25, 0.3) is 0 Å². The molecule has 0 saturated heterocycles. The zero-order valence-electron chi connectivity index (χ0n) is 26.1. The highest BCUT2D eigenvalue weighted by Gasteiger charge is 2.07. The molecule has 1 radical (unpaired) electrons. The van der Waals surface area contributed by atoms with Gasteiger partial charge < -0.3 is 0 Å². The molecule has 3 heteroatoms. The van der Waals surface area contributed by atoms with Crippen molar-refractivity contribution >= 4 is 0 Å². The minimum Gasteiger partial charge on any atom is -0.218 e. The maximum atomic E-state index is 4.88. The first-order valence-electron chi connectivity index (χ1n) is 17.3. The van der Waals surface area contributed by atoms with Crippen LogP contribution in [0.25, 0.3) is 0 Å². The Kier molecular flexibility index (Phi) is 25.4. The van der Waals surface area contributed by atoms with E-state index in [2.05, 4.69) is 20.8 Å². The molecule has 0 bridgehead atoms. The van der Waals surface area contributed by atoms with Crippen LogP contribution >= 0.6 is 0 Å². The van der Waals surface area contributed by atoms with E-state index in [0.717, 1.165) is 49.6 Å². The summed E-state index contributed by atoms with van der Waals surface area (Å²) in [7, 11) is 0. The molecule has 1 heterocycles. The predicted octanol–water partition coefficient (Wildman–Crippen LogP) is 11.5. The van der Waals surface area contributed by atoms with E-state index in [1.54, 1.807) is 0 Å². The van der Waals surface area contributed by atoms with Crippen LogP contribution < -0.4 is 0 Å². The van der Waals surface area contributed by atoms with Gasteiger partial charge in [-0.1, -0.05) is 168 Å². The number of unbranched alkanes of at least 4 members (excludes halogenated alkanes) is 23. The monoisotopic (exact) mass is 529 g/mol. The molecule has 0 aliphatic carbocycles. The number of hydrogen-bond donors (Lipinski definition) is 0. The van der Waals surface area contributed by atoms with Crippen LogP contribution in [0.4, 0.5) is 0 Å². The molecule has 0 fully saturated rings. The third-order valence-electron chi connectivity index (χ3n) is 7.93. The lowest BCUT2D eigenvalue weighted by Gasteiger charge is -2.08. The zero-order valence-corrected chi connectivity index (χ0v) is 26.1. The number of nitrogens with zero attached hydrogens (tertiary/aromatic N) is 3. The average Bonchev–Trinajstić information content (AvgIpc) is 2.93. The summed E-state index contributed by atoms with van der Waals surface area (Å²) in [6, 6.07) is 0. The molecule has 0 spiro atoms. The average molecular weight is 529 g/mol. The van der Waals surface area contributed by atoms with Gasteiger partial charge in [0.1, 0.15) is 17.5 Å². The number of aryl methyl sites for hydroxylation is 3. The number of hydrogen-bond acceptors (Lipinski definition) is 3. The summed E-state index contributed by atoms with van der Waals surface area (Å²) in [5, 5.41) is 0. The second kappa shape index (κ2) is 27.6. The molecule has 3 nitrogen and oxygen atoms in total. The van der Waals surface area contributed by atoms with Crippen molar-refractivity contribution in [1.29, 1.82) is 0 Å². The van der Waals surface area contributed by atoms with Gasteiger partial charge in [-0.15, -0.1) is 0 Å². The number of aromatic nitrogens is 3. The lowest BCUT2D eigenvalue weighted by atomic mass is 10.0. The SMILES string of the molecule is [CH2]CCCc1nc(CCCCCCCCCCCCCC)nc(CCCCCCCCCCCCCC)n1. The van der Waals surface area contributed by atoms with E-state index in [-0.39, 0.29) is 0 Å². The van der Waals surface area contributed by atoms with Crippen molar-refractivity contribution in [3.8, 4) is 0 Å². The van der Waals surface area contributed by atoms with Crippen LogP contribution in [0.5, 0.6) is 0 Å². The molecule has 0 atom stereocenters.